The Morgan fingerprint density at radius 3 is 2.67 bits per heavy atom. The van der Waals surface area contributed by atoms with Crippen molar-refractivity contribution >= 4 is 11.9 Å². The van der Waals surface area contributed by atoms with E-state index in [1.807, 2.05) is 0 Å². The van der Waals surface area contributed by atoms with Crippen LogP contribution in [-0.2, 0) is 14.3 Å². The van der Waals surface area contributed by atoms with Crippen LogP contribution in [0.3, 0.4) is 0 Å². The Balaban J connectivity index is 2.04. The zero-order chi connectivity index (χ0) is 13.2. The molecule has 2 rings (SSSR count). The predicted octanol–water partition coefficient (Wildman–Crippen LogP) is -0.0400. The number of carboxylic acids is 1. The van der Waals surface area contributed by atoms with Gasteiger partial charge >= 0.3 is 5.97 Å². The first-order valence-corrected chi connectivity index (χ1v) is 6.42. The summed E-state index contributed by atoms with van der Waals surface area (Å²) in [5.74, 6) is -0.965. The van der Waals surface area contributed by atoms with Gasteiger partial charge in [0.25, 0.3) is 0 Å². The minimum absolute atomic E-state index is 0.0122. The third-order valence-corrected chi connectivity index (χ3v) is 3.86. The first kappa shape index (κ1) is 13.3. The molecule has 0 aromatic rings. The number of aliphatic carboxylic acids is 1. The van der Waals surface area contributed by atoms with Crippen molar-refractivity contribution in [2.75, 3.05) is 19.8 Å². The van der Waals surface area contributed by atoms with Gasteiger partial charge in [-0.25, -0.2) is 0 Å². The lowest BCUT2D eigenvalue weighted by molar-refractivity contribution is -0.144. The summed E-state index contributed by atoms with van der Waals surface area (Å²) in [4.78, 5) is 24.9. The van der Waals surface area contributed by atoms with Gasteiger partial charge in [0.05, 0.1) is 12.0 Å². The number of rotatable bonds is 3. The van der Waals surface area contributed by atoms with E-state index in [0.717, 1.165) is 12.8 Å². The molecule has 0 bridgehead atoms. The second kappa shape index (κ2) is 5.24. The summed E-state index contributed by atoms with van der Waals surface area (Å²) in [5, 5.41) is 8.86. The molecule has 2 aliphatic rings. The Bertz CT molecular complexity index is 339. The molecule has 6 heteroatoms. The fraction of sp³-hybridized carbons (Fsp3) is 0.833. The van der Waals surface area contributed by atoms with Crippen LogP contribution < -0.4 is 5.73 Å². The number of nitrogens with zero attached hydrogens (tertiary/aromatic N) is 1. The molecular weight excluding hydrogens is 236 g/mol. The molecule has 0 radical (unpaired) electrons. The summed E-state index contributed by atoms with van der Waals surface area (Å²) >= 11 is 0. The number of carboxylic acid groups (broad SMARTS) is 1. The van der Waals surface area contributed by atoms with Crippen LogP contribution >= 0.6 is 0 Å². The largest absolute Gasteiger partial charge is 0.481 e. The SMILES string of the molecule is NC1(C(=O)N2CCCC2CC(=O)O)CCOCC1. The van der Waals surface area contributed by atoms with Crippen molar-refractivity contribution in [2.45, 2.75) is 43.7 Å². The number of carbonyl (C=O) groups is 2. The highest BCUT2D eigenvalue weighted by molar-refractivity contribution is 5.87. The normalized spacial score (nSPS) is 27.2. The van der Waals surface area contributed by atoms with E-state index in [1.165, 1.54) is 0 Å². The van der Waals surface area contributed by atoms with E-state index in [4.69, 9.17) is 15.6 Å². The van der Waals surface area contributed by atoms with Gasteiger partial charge in [0, 0.05) is 25.8 Å². The monoisotopic (exact) mass is 256 g/mol. The smallest absolute Gasteiger partial charge is 0.305 e. The highest BCUT2D eigenvalue weighted by Crippen LogP contribution is 2.27. The van der Waals surface area contributed by atoms with Crippen molar-refractivity contribution in [1.29, 1.82) is 0 Å². The number of likely N-dealkylation sites (tertiary alicyclic amines) is 1. The Hall–Kier alpha value is -1.14. The van der Waals surface area contributed by atoms with Crippen molar-refractivity contribution in [3.05, 3.63) is 0 Å². The summed E-state index contributed by atoms with van der Waals surface area (Å²) in [5.41, 5.74) is 5.30. The average molecular weight is 256 g/mol. The van der Waals surface area contributed by atoms with E-state index in [2.05, 4.69) is 0 Å². The maximum Gasteiger partial charge on any atom is 0.305 e. The van der Waals surface area contributed by atoms with Gasteiger partial charge in [-0.05, 0) is 25.7 Å². The lowest BCUT2D eigenvalue weighted by Gasteiger charge is -2.37. The zero-order valence-corrected chi connectivity index (χ0v) is 10.4. The first-order valence-electron chi connectivity index (χ1n) is 6.42. The van der Waals surface area contributed by atoms with Crippen molar-refractivity contribution in [1.82, 2.24) is 4.90 Å². The second-order valence-corrected chi connectivity index (χ2v) is 5.16. The van der Waals surface area contributed by atoms with E-state index in [-0.39, 0.29) is 18.4 Å². The van der Waals surface area contributed by atoms with Gasteiger partial charge < -0.3 is 20.5 Å². The molecule has 2 heterocycles. The van der Waals surface area contributed by atoms with E-state index in [1.54, 1.807) is 4.90 Å². The number of amides is 1. The quantitative estimate of drug-likeness (QED) is 0.739. The Morgan fingerprint density at radius 2 is 2.06 bits per heavy atom. The summed E-state index contributed by atoms with van der Waals surface area (Å²) in [6.45, 7) is 1.62. The van der Waals surface area contributed by atoms with Gasteiger partial charge in [0.1, 0.15) is 0 Å². The maximum atomic E-state index is 12.5. The highest BCUT2D eigenvalue weighted by Gasteiger charge is 2.42. The minimum Gasteiger partial charge on any atom is -0.481 e. The molecule has 2 fully saturated rings. The van der Waals surface area contributed by atoms with E-state index < -0.39 is 11.5 Å². The van der Waals surface area contributed by atoms with Crippen molar-refractivity contribution in [3.63, 3.8) is 0 Å². The highest BCUT2D eigenvalue weighted by atomic mass is 16.5. The molecule has 18 heavy (non-hydrogen) atoms. The molecule has 0 spiro atoms. The van der Waals surface area contributed by atoms with Crippen LogP contribution in [0.15, 0.2) is 0 Å². The predicted molar refractivity (Wildman–Crippen MR) is 64.0 cm³/mol. The van der Waals surface area contributed by atoms with Gasteiger partial charge in [-0.1, -0.05) is 0 Å². The van der Waals surface area contributed by atoms with Crippen LogP contribution in [-0.4, -0.2) is 53.2 Å². The fourth-order valence-corrected chi connectivity index (χ4v) is 2.75. The molecular formula is C12H20N2O4. The molecule has 1 atom stereocenters. The fourth-order valence-electron chi connectivity index (χ4n) is 2.75. The number of ether oxygens (including phenoxy) is 1. The number of hydrogen-bond donors (Lipinski definition) is 2. The van der Waals surface area contributed by atoms with Crippen LogP contribution in [0.1, 0.15) is 32.1 Å². The molecule has 3 N–H and O–H groups in total. The summed E-state index contributed by atoms with van der Waals surface area (Å²) in [6, 6.07) is -0.196. The summed E-state index contributed by atoms with van der Waals surface area (Å²) in [7, 11) is 0. The van der Waals surface area contributed by atoms with Gasteiger partial charge in [0.15, 0.2) is 0 Å². The van der Waals surface area contributed by atoms with E-state index in [9.17, 15) is 9.59 Å². The second-order valence-electron chi connectivity index (χ2n) is 5.16. The standard InChI is InChI=1S/C12H20N2O4/c13-12(3-6-18-7-4-12)11(17)14-5-1-2-9(14)8-10(15)16/h9H,1-8,13H2,(H,15,16). The average Bonchev–Trinajstić information content (AvgIpc) is 2.76. The molecule has 0 aromatic carbocycles. The molecule has 1 amide bonds. The maximum absolute atomic E-state index is 12.5. The molecule has 6 nitrogen and oxygen atoms in total. The van der Waals surface area contributed by atoms with Crippen LogP contribution in [0.4, 0.5) is 0 Å². The van der Waals surface area contributed by atoms with Crippen molar-refractivity contribution < 1.29 is 19.4 Å². The van der Waals surface area contributed by atoms with Gasteiger partial charge in [-0.2, -0.15) is 0 Å². The number of nitrogens with two attached hydrogens (primary N) is 1. The van der Waals surface area contributed by atoms with Gasteiger partial charge in [-0.15, -0.1) is 0 Å². The van der Waals surface area contributed by atoms with Gasteiger partial charge in [-0.3, -0.25) is 9.59 Å². The number of hydrogen-bond acceptors (Lipinski definition) is 4. The van der Waals surface area contributed by atoms with Gasteiger partial charge in [0.2, 0.25) is 5.91 Å². The first-order chi connectivity index (χ1) is 8.53. The Labute approximate surface area is 106 Å². The van der Waals surface area contributed by atoms with Crippen molar-refractivity contribution in [3.8, 4) is 0 Å². The van der Waals surface area contributed by atoms with Crippen LogP contribution in [0.5, 0.6) is 0 Å². The zero-order valence-electron chi connectivity index (χ0n) is 10.4. The third-order valence-electron chi connectivity index (χ3n) is 3.86. The van der Waals surface area contributed by atoms with Crippen LogP contribution in [0, 0.1) is 0 Å². The van der Waals surface area contributed by atoms with Crippen LogP contribution in [0.2, 0.25) is 0 Å². The summed E-state index contributed by atoms with van der Waals surface area (Å²) < 4.78 is 5.22. The topological polar surface area (TPSA) is 92.9 Å². The Morgan fingerprint density at radius 1 is 1.39 bits per heavy atom. The van der Waals surface area contributed by atoms with Crippen molar-refractivity contribution in [2.24, 2.45) is 5.73 Å². The lowest BCUT2D eigenvalue weighted by atomic mass is 9.89. The third kappa shape index (κ3) is 2.64. The molecule has 0 aliphatic carbocycles. The van der Waals surface area contributed by atoms with E-state index in [0.29, 0.717) is 32.6 Å². The molecule has 2 aliphatic heterocycles. The van der Waals surface area contributed by atoms with E-state index >= 15 is 0 Å². The van der Waals surface area contributed by atoms with Crippen LogP contribution in [0.25, 0.3) is 0 Å². The molecule has 1 unspecified atom stereocenters. The summed E-state index contributed by atoms with van der Waals surface area (Å²) in [6.07, 6.45) is 2.66. The molecule has 102 valence electrons. The molecule has 0 aromatic heterocycles. The molecule has 0 saturated carbocycles. The minimum atomic E-state index is -0.863. The molecule has 2 saturated heterocycles. The Kier molecular flexibility index (Phi) is 3.87. The number of carbonyl (C=O) groups excluding carboxylic acids is 1. The lowest BCUT2D eigenvalue weighted by Crippen LogP contribution is -2.59.